The number of fused-ring (bicyclic) bond motifs is 2. The maximum Gasteiger partial charge on any atom is 0.417 e. The molecule has 0 spiro atoms. The molecule has 2 aliphatic rings. The first-order chi connectivity index (χ1) is 20.0. The molecule has 8 nitrogen and oxygen atoms in total. The Balaban J connectivity index is 1.56. The molecule has 0 aliphatic carbocycles. The average molecular weight is 587 g/mol. The number of pyridine rings is 1. The average Bonchev–Trinajstić information content (AvgIpc) is 3.08. The number of piperazine rings is 1. The van der Waals surface area contributed by atoms with Crippen LogP contribution in [0.5, 0.6) is 11.9 Å². The van der Waals surface area contributed by atoms with E-state index >= 15 is 4.39 Å². The molecular weight excluding hydrogens is 559 g/mol. The molecule has 0 saturated carbocycles. The highest BCUT2D eigenvalue weighted by molar-refractivity contribution is 5.97. The summed E-state index contributed by atoms with van der Waals surface area (Å²) in [5, 5.41) is 3.41. The highest BCUT2D eigenvalue weighted by Gasteiger charge is 2.41. The van der Waals surface area contributed by atoms with Crippen LogP contribution in [0.1, 0.15) is 23.6 Å². The third-order valence-electron chi connectivity index (χ3n) is 7.64. The lowest BCUT2D eigenvalue weighted by atomic mass is 9.96. The van der Waals surface area contributed by atoms with Gasteiger partial charge in [-0.1, -0.05) is 30.3 Å². The van der Waals surface area contributed by atoms with E-state index in [9.17, 15) is 17.6 Å². The van der Waals surface area contributed by atoms with Crippen molar-refractivity contribution in [1.29, 1.82) is 0 Å². The minimum absolute atomic E-state index is 0.114. The summed E-state index contributed by atoms with van der Waals surface area (Å²) >= 11 is 0. The first kappa shape index (κ1) is 27.9. The molecule has 13 heteroatoms. The monoisotopic (exact) mass is 586 g/mol. The van der Waals surface area contributed by atoms with Crippen LogP contribution in [0.15, 0.2) is 36.4 Å². The summed E-state index contributed by atoms with van der Waals surface area (Å²) in [6.45, 7) is 4.54. The number of aromatic nitrogens is 3. The number of nitrogens with one attached hydrogen (secondary N) is 1. The van der Waals surface area contributed by atoms with E-state index in [0.29, 0.717) is 31.9 Å². The van der Waals surface area contributed by atoms with Crippen LogP contribution in [0.4, 0.5) is 33.5 Å². The number of benzene rings is 2. The van der Waals surface area contributed by atoms with Gasteiger partial charge in [0.1, 0.15) is 34.3 Å². The van der Waals surface area contributed by atoms with Gasteiger partial charge in [0.15, 0.2) is 5.82 Å². The third-order valence-corrected chi connectivity index (χ3v) is 7.64. The van der Waals surface area contributed by atoms with Crippen molar-refractivity contribution in [1.82, 2.24) is 20.3 Å². The van der Waals surface area contributed by atoms with Crippen molar-refractivity contribution in [2.24, 2.45) is 0 Å². The van der Waals surface area contributed by atoms with Crippen LogP contribution in [-0.2, 0) is 12.6 Å². The molecular formula is C29H27F5N6O2. The van der Waals surface area contributed by atoms with Gasteiger partial charge in [-0.25, -0.2) is 13.8 Å². The first-order valence-electron chi connectivity index (χ1n) is 13.4. The molecule has 4 aromatic rings. The van der Waals surface area contributed by atoms with Crippen LogP contribution in [0.2, 0.25) is 0 Å². The van der Waals surface area contributed by atoms with E-state index in [0.717, 1.165) is 18.6 Å². The quantitative estimate of drug-likeness (QED) is 0.248. The molecule has 3 N–H and O–H groups in total. The molecule has 2 aromatic carbocycles. The molecule has 0 amide bonds. The smallest absolute Gasteiger partial charge is 0.417 e. The molecule has 220 valence electrons. The summed E-state index contributed by atoms with van der Waals surface area (Å²) in [6, 6.07) is 9.89. The lowest BCUT2D eigenvalue weighted by molar-refractivity contribution is -0.137. The highest BCUT2D eigenvalue weighted by Crippen LogP contribution is 2.46. The van der Waals surface area contributed by atoms with Gasteiger partial charge in [-0.05, 0) is 31.0 Å². The van der Waals surface area contributed by atoms with Crippen LogP contribution < -0.4 is 25.4 Å². The Bertz CT molecular complexity index is 1670. The van der Waals surface area contributed by atoms with E-state index in [1.165, 1.54) is 0 Å². The number of nitrogen functional groups attached to an aromatic ring is 1. The van der Waals surface area contributed by atoms with Crippen molar-refractivity contribution in [2.45, 2.75) is 38.6 Å². The number of rotatable bonds is 5. The topological polar surface area (TPSA) is 98.4 Å². The maximum absolute atomic E-state index is 16.4. The highest BCUT2D eigenvalue weighted by atomic mass is 19.4. The molecule has 1 saturated heterocycles. The van der Waals surface area contributed by atoms with Crippen LogP contribution in [0.3, 0.4) is 0 Å². The van der Waals surface area contributed by atoms with Gasteiger partial charge in [-0.2, -0.15) is 23.1 Å². The van der Waals surface area contributed by atoms with Crippen LogP contribution in [0, 0.1) is 18.6 Å². The number of hydrogen-bond donors (Lipinski definition) is 2. The summed E-state index contributed by atoms with van der Waals surface area (Å²) in [5.74, 6) is -2.23. The predicted molar refractivity (Wildman–Crippen MR) is 147 cm³/mol. The summed E-state index contributed by atoms with van der Waals surface area (Å²) in [5.41, 5.74) is 2.22. The van der Waals surface area contributed by atoms with Crippen molar-refractivity contribution >= 4 is 22.4 Å². The molecule has 2 aromatic heterocycles. The van der Waals surface area contributed by atoms with Gasteiger partial charge < -0.3 is 25.4 Å². The summed E-state index contributed by atoms with van der Waals surface area (Å²) < 4.78 is 85.7. The first-order valence-corrected chi connectivity index (χ1v) is 13.4. The Hall–Kier alpha value is -4.26. The van der Waals surface area contributed by atoms with Crippen LogP contribution >= 0.6 is 0 Å². The van der Waals surface area contributed by atoms with E-state index < -0.39 is 52.0 Å². The molecule has 1 fully saturated rings. The van der Waals surface area contributed by atoms with Gasteiger partial charge in [0.2, 0.25) is 5.88 Å². The largest absolute Gasteiger partial charge is 0.472 e. The number of halogens is 5. The number of nitrogens with zero attached hydrogens (tertiary/aromatic N) is 4. The molecule has 0 radical (unpaired) electrons. The lowest BCUT2D eigenvalue weighted by Crippen LogP contribution is -2.56. The fourth-order valence-electron chi connectivity index (χ4n) is 5.58. The SMILES string of the molecule is Cc1c(F)c(N)cc(-c2nc3c4c(nc(OCCc5ccccc5)nc4c2F)N2CCNC[C@H]2[C@H](C)O3)c1C(F)(F)F. The standard InChI is InChI=1S/C29H27F5N6O2/c1-14-21(29(32,33)34)17(12-18(35)22(14)30)24-23(31)25-20-26(39-28(38-25)41-11-8-16-6-4-3-5-7-16)40-10-9-36-13-19(40)15(2)42-27(20)37-24/h3-7,12,15,19,36H,8-11,13,35H2,1-2H3/t15-,19-/m0/s1. The number of nitrogens with two attached hydrogens (primary N) is 1. The fourth-order valence-corrected chi connectivity index (χ4v) is 5.58. The van der Waals surface area contributed by atoms with E-state index in [1.54, 1.807) is 6.92 Å². The van der Waals surface area contributed by atoms with Crippen molar-refractivity contribution in [3.05, 3.63) is 64.7 Å². The van der Waals surface area contributed by atoms with Gasteiger partial charge in [0.05, 0.1) is 23.9 Å². The molecule has 2 aliphatic heterocycles. The normalized spacial score (nSPS) is 18.4. The van der Waals surface area contributed by atoms with Crippen LogP contribution in [0.25, 0.3) is 22.2 Å². The van der Waals surface area contributed by atoms with Crippen molar-refractivity contribution in [2.75, 3.05) is 36.9 Å². The van der Waals surface area contributed by atoms with Gasteiger partial charge >= 0.3 is 12.2 Å². The van der Waals surface area contributed by atoms with E-state index in [4.69, 9.17) is 15.2 Å². The van der Waals surface area contributed by atoms with Crippen molar-refractivity contribution in [3.63, 3.8) is 0 Å². The minimum atomic E-state index is -5.03. The van der Waals surface area contributed by atoms with E-state index in [1.807, 2.05) is 35.2 Å². The number of ether oxygens (including phenoxy) is 2. The number of anilines is 2. The van der Waals surface area contributed by atoms with Gasteiger partial charge in [0, 0.05) is 31.6 Å². The Morgan fingerprint density at radius 3 is 2.62 bits per heavy atom. The number of alkyl halides is 3. The number of hydrogen-bond acceptors (Lipinski definition) is 8. The molecule has 0 unspecified atom stereocenters. The molecule has 6 rings (SSSR count). The third kappa shape index (κ3) is 4.81. The Morgan fingerprint density at radius 2 is 1.88 bits per heavy atom. The lowest BCUT2D eigenvalue weighted by Gasteiger charge is -2.38. The Labute approximate surface area is 237 Å². The van der Waals surface area contributed by atoms with Gasteiger partial charge in [-0.15, -0.1) is 0 Å². The Kier molecular flexibility index (Phi) is 7.00. The van der Waals surface area contributed by atoms with Gasteiger partial charge in [-0.3, -0.25) is 0 Å². The zero-order valence-electron chi connectivity index (χ0n) is 22.7. The molecule has 2 atom stereocenters. The van der Waals surface area contributed by atoms with E-state index in [-0.39, 0.29) is 35.4 Å². The van der Waals surface area contributed by atoms with Gasteiger partial charge in [0.25, 0.3) is 0 Å². The Morgan fingerprint density at radius 1 is 1.12 bits per heavy atom. The molecule has 42 heavy (non-hydrogen) atoms. The zero-order chi connectivity index (χ0) is 29.8. The second-order valence-electron chi connectivity index (χ2n) is 10.3. The fraction of sp³-hybridized carbons (Fsp3) is 0.345. The predicted octanol–water partition coefficient (Wildman–Crippen LogP) is 5.06. The minimum Gasteiger partial charge on any atom is -0.472 e. The van der Waals surface area contributed by atoms with Crippen LogP contribution in [-0.4, -0.2) is 53.3 Å². The second kappa shape index (κ2) is 10.5. The zero-order valence-corrected chi connectivity index (χ0v) is 22.7. The molecule has 0 bridgehead atoms. The second-order valence-corrected chi connectivity index (χ2v) is 10.3. The van der Waals surface area contributed by atoms with Crippen molar-refractivity contribution in [3.8, 4) is 23.1 Å². The molecule has 4 heterocycles. The summed E-state index contributed by atoms with van der Waals surface area (Å²) in [4.78, 5) is 15.1. The maximum atomic E-state index is 16.4. The summed E-state index contributed by atoms with van der Waals surface area (Å²) in [7, 11) is 0. The van der Waals surface area contributed by atoms with Crippen molar-refractivity contribution < 1.29 is 31.4 Å². The van der Waals surface area contributed by atoms with E-state index in [2.05, 4.69) is 20.3 Å². The summed E-state index contributed by atoms with van der Waals surface area (Å²) in [6.07, 6.45) is -5.02.